The van der Waals surface area contributed by atoms with Crippen molar-refractivity contribution in [2.45, 2.75) is 51.6 Å². The molecule has 220 valence electrons. The van der Waals surface area contributed by atoms with Crippen LogP contribution in [0, 0.1) is 18.7 Å². The number of nitrogens with one attached hydrogen (secondary N) is 1. The minimum atomic E-state index is -4.38. The second-order valence-corrected chi connectivity index (χ2v) is 12.8. The Bertz CT molecular complexity index is 1480. The van der Waals surface area contributed by atoms with Gasteiger partial charge in [0.05, 0.1) is 10.6 Å². The van der Waals surface area contributed by atoms with E-state index >= 15 is 4.39 Å². The Morgan fingerprint density at radius 3 is 2.24 bits per heavy atom. The van der Waals surface area contributed by atoms with Crippen molar-refractivity contribution in [1.82, 2.24) is 10.2 Å². The summed E-state index contributed by atoms with van der Waals surface area (Å²) in [6.07, 6.45) is 0.241. The van der Waals surface area contributed by atoms with Crippen molar-refractivity contribution in [3.8, 4) is 0 Å². The second kappa shape index (κ2) is 14.2. The molecule has 1 atom stereocenters. The Labute approximate surface area is 251 Å². The Hall–Kier alpha value is -3.14. The van der Waals surface area contributed by atoms with Gasteiger partial charge >= 0.3 is 0 Å². The SMILES string of the molecule is CC[C@@H](C(=O)NCC(C)C)N(Cc1ccc(Cl)cc1Cl)C(=O)CN(c1ccccc1F)S(=O)(=O)c1ccc(C)cc1. The summed E-state index contributed by atoms with van der Waals surface area (Å²) in [5.74, 6) is -1.74. The first-order valence-electron chi connectivity index (χ1n) is 13.2. The molecule has 3 rings (SSSR count). The third kappa shape index (κ3) is 8.21. The third-order valence-corrected chi connectivity index (χ3v) is 8.80. The number of aryl methyl sites for hydroxylation is 1. The van der Waals surface area contributed by atoms with Gasteiger partial charge in [-0.15, -0.1) is 0 Å². The van der Waals surface area contributed by atoms with Crippen LogP contribution in [0.5, 0.6) is 0 Å². The fourth-order valence-corrected chi connectivity index (χ4v) is 6.07. The van der Waals surface area contributed by atoms with Gasteiger partial charge in [0.15, 0.2) is 0 Å². The number of amides is 2. The molecule has 0 saturated heterocycles. The van der Waals surface area contributed by atoms with Crippen LogP contribution in [0.3, 0.4) is 0 Å². The Morgan fingerprint density at radius 2 is 1.66 bits per heavy atom. The highest BCUT2D eigenvalue weighted by atomic mass is 35.5. The molecular formula is C30H34Cl2FN3O4S. The Morgan fingerprint density at radius 1 is 1.00 bits per heavy atom. The van der Waals surface area contributed by atoms with Gasteiger partial charge in [0.2, 0.25) is 11.8 Å². The maximum atomic E-state index is 15.0. The number of halogens is 3. The number of para-hydroxylation sites is 1. The Kier molecular flexibility index (Phi) is 11.2. The van der Waals surface area contributed by atoms with E-state index in [9.17, 15) is 18.0 Å². The van der Waals surface area contributed by atoms with Crippen molar-refractivity contribution >= 4 is 50.7 Å². The van der Waals surface area contributed by atoms with Crippen LogP contribution in [-0.4, -0.2) is 44.3 Å². The van der Waals surface area contributed by atoms with Crippen LogP contribution in [0.2, 0.25) is 10.0 Å². The Balaban J connectivity index is 2.08. The summed E-state index contributed by atoms with van der Waals surface area (Å²) >= 11 is 12.5. The van der Waals surface area contributed by atoms with E-state index in [1.807, 2.05) is 20.8 Å². The van der Waals surface area contributed by atoms with Gasteiger partial charge < -0.3 is 10.2 Å². The lowest BCUT2D eigenvalue weighted by Crippen LogP contribution is -2.52. The van der Waals surface area contributed by atoms with Crippen LogP contribution < -0.4 is 9.62 Å². The molecule has 7 nitrogen and oxygen atoms in total. The van der Waals surface area contributed by atoms with Crippen molar-refractivity contribution < 1.29 is 22.4 Å². The summed E-state index contributed by atoms with van der Waals surface area (Å²) in [4.78, 5) is 28.5. The smallest absolute Gasteiger partial charge is 0.264 e. The molecule has 0 heterocycles. The lowest BCUT2D eigenvalue weighted by molar-refractivity contribution is -0.140. The highest BCUT2D eigenvalue weighted by Crippen LogP contribution is 2.28. The third-order valence-electron chi connectivity index (χ3n) is 6.44. The van der Waals surface area contributed by atoms with Gasteiger partial charge in [-0.05, 0) is 61.2 Å². The monoisotopic (exact) mass is 621 g/mol. The van der Waals surface area contributed by atoms with Crippen molar-refractivity contribution in [3.63, 3.8) is 0 Å². The first-order valence-corrected chi connectivity index (χ1v) is 15.4. The van der Waals surface area contributed by atoms with Crippen molar-refractivity contribution in [2.75, 3.05) is 17.4 Å². The highest BCUT2D eigenvalue weighted by Gasteiger charge is 2.34. The van der Waals surface area contributed by atoms with Crippen LogP contribution in [0.15, 0.2) is 71.6 Å². The zero-order valence-electron chi connectivity index (χ0n) is 23.4. The minimum Gasteiger partial charge on any atom is -0.354 e. The number of carbonyl (C=O) groups is 2. The van der Waals surface area contributed by atoms with Crippen LogP contribution in [0.4, 0.5) is 10.1 Å². The summed E-state index contributed by atoms with van der Waals surface area (Å²) < 4.78 is 43.4. The summed E-state index contributed by atoms with van der Waals surface area (Å²) in [5.41, 5.74) is 1.06. The number of hydrogen-bond acceptors (Lipinski definition) is 4. The quantitative estimate of drug-likeness (QED) is 0.260. The first kappa shape index (κ1) is 32.4. The topological polar surface area (TPSA) is 86.8 Å². The molecule has 0 spiro atoms. The van der Waals surface area contributed by atoms with Crippen molar-refractivity contribution in [1.29, 1.82) is 0 Å². The highest BCUT2D eigenvalue weighted by molar-refractivity contribution is 7.92. The number of hydrogen-bond donors (Lipinski definition) is 1. The maximum Gasteiger partial charge on any atom is 0.264 e. The van der Waals surface area contributed by atoms with Crippen LogP contribution in [0.25, 0.3) is 0 Å². The van der Waals surface area contributed by atoms with Gasteiger partial charge in [0, 0.05) is 23.1 Å². The molecule has 0 bridgehead atoms. The van der Waals surface area contributed by atoms with Crippen LogP contribution >= 0.6 is 23.2 Å². The van der Waals surface area contributed by atoms with E-state index in [0.29, 0.717) is 17.1 Å². The fourth-order valence-electron chi connectivity index (χ4n) is 4.18. The number of benzene rings is 3. The van der Waals surface area contributed by atoms with E-state index in [4.69, 9.17) is 23.2 Å². The lowest BCUT2D eigenvalue weighted by Gasteiger charge is -2.33. The van der Waals surface area contributed by atoms with Crippen molar-refractivity contribution in [2.24, 2.45) is 5.92 Å². The van der Waals surface area contributed by atoms with E-state index in [-0.39, 0.29) is 34.5 Å². The fraction of sp³-hybridized carbons (Fsp3) is 0.333. The zero-order valence-corrected chi connectivity index (χ0v) is 25.7. The second-order valence-electron chi connectivity index (χ2n) is 10.1. The summed E-state index contributed by atoms with van der Waals surface area (Å²) in [5, 5.41) is 3.53. The molecule has 0 aliphatic heterocycles. The number of nitrogens with zero attached hydrogens (tertiary/aromatic N) is 2. The van der Waals surface area contributed by atoms with E-state index in [1.165, 1.54) is 41.3 Å². The summed E-state index contributed by atoms with van der Waals surface area (Å²) in [6.45, 7) is 6.99. The molecule has 0 radical (unpaired) electrons. The van der Waals surface area contributed by atoms with Gasteiger partial charge in [-0.25, -0.2) is 12.8 Å². The lowest BCUT2D eigenvalue weighted by atomic mass is 10.1. The van der Waals surface area contributed by atoms with E-state index in [0.717, 1.165) is 15.9 Å². The normalized spacial score (nSPS) is 12.2. The van der Waals surface area contributed by atoms with Gasteiger partial charge in [0.1, 0.15) is 18.4 Å². The standard InChI is InChI=1S/C30H34Cl2FN3O4S/c1-5-27(30(38)34-17-20(2)3)35(18-22-12-13-23(31)16-25(22)32)29(37)19-36(28-9-7-6-8-26(28)33)41(39,40)24-14-10-21(4)11-15-24/h6-16,20,27H,5,17-19H2,1-4H3,(H,34,38)/t27-/m0/s1. The molecule has 0 saturated carbocycles. The molecule has 2 amide bonds. The first-order chi connectivity index (χ1) is 19.3. The van der Waals surface area contributed by atoms with Gasteiger partial charge in [-0.3, -0.25) is 13.9 Å². The molecule has 0 unspecified atom stereocenters. The average Bonchev–Trinajstić information content (AvgIpc) is 2.92. The van der Waals surface area contributed by atoms with Crippen LogP contribution in [0.1, 0.15) is 38.3 Å². The molecule has 0 fully saturated rings. The average molecular weight is 623 g/mol. The minimum absolute atomic E-state index is 0.0991. The van der Waals surface area contributed by atoms with Gasteiger partial charge in [-0.2, -0.15) is 0 Å². The molecule has 1 N–H and O–H groups in total. The molecule has 0 aliphatic rings. The van der Waals surface area contributed by atoms with Crippen LogP contribution in [-0.2, 0) is 26.2 Å². The predicted molar refractivity (Wildman–Crippen MR) is 161 cm³/mol. The number of sulfonamides is 1. The molecule has 41 heavy (non-hydrogen) atoms. The van der Waals surface area contributed by atoms with E-state index < -0.39 is 40.2 Å². The number of rotatable bonds is 12. The van der Waals surface area contributed by atoms with E-state index in [2.05, 4.69) is 5.32 Å². The maximum absolute atomic E-state index is 15.0. The number of carbonyl (C=O) groups excluding carboxylic acids is 2. The molecule has 3 aromatic rings. The summed E-state index contributed by atoms with van der Waals surface area (Å²) in [6, 6.07) is 15.2. The zero-order chi connectivity index (χ0) is 30.3. The molecule has 3 aromatic carbocycles. The summed E-state index contributed by atoms with van der Waals surface area (Å²) in [7, 11) is -4.38. The van der Waals surface area contributed by atoms with Gasteiger partial charge in [0.25, 0.3) is 10.0 Å². The number of anilines is 1. The molecule has 11 heteroatoms. The van der Waals surface area contributed by atoms with Crippen molar-refractivity contribution in [3.05, 3.63) is 93.7 Å². The molecule has 0 aliphatic carbocycles. The molecule has 0 aromatic heterocycles. The molecular weight excluding hydrogens is 588 g/mol. The van der Waals surface area contributed by atoms with E-state index in [1.54, 1.807) is 31.2 Å². The predicted octanol–water partition coefficient (Wildman–Crippen LogP) is 6.22. The van der Waals surface area contributed by atoms with Gasteiger partial charge in [-0.1, -0.05) is 79.9 Å². The largest absolute Gasteiger partial charge is 0.354 e.